The number of rotatable bonds is 2. The number of anilines is 2. The topological polar surface area (TPSA) is 6.48 Å². The van der Waals surface area contributed by atoms with Gasteiger partial charge in [-0.3, -0.25) is 0 Å². The molecule has 0 atom stereocenters. The highest BCUT2D eigenvalue weighted by molar-refractivity contribution is 8.28. The summed E-state index contributed by atoms with van der Waals surface area (Å²) in [6, 6.07) is 17.8. The summed E-state index contributed by atoms with van der Waals surface area (Å²) in [4.78, 5) is 0.288. The van der Waals surface area contributed by atoms with Gasteiger partial charge in [0, 0.05) is 24.5 Å². The van der Waals surface area contributed by atoms with E-state index >= 15 is 0 Å². The van der Waals surface area contributed by atoms with Gasteiger partial charge in [0.1, 0.15) is 15.6 Å². The number of alkyl halides is 6. The van der Waals surface area contributed by atoms with E-state index in [1.807, 2.05) is 0 Å². The Morgan fingerprint density at radius 1 is 0.600 bits per heavy atom. The zero-order chi connectivity index (χ0) is 21.5. The van der Waals surface area contributed by atoms with Crippen molar-refractivity contribution in [3.05, 3.63) is 80.5 Å². The van der Waals surface area contributed by atoms with Crippen LogP contribution in [0.3, 0.4) is 0 Å². The van der Waals surface area contributed by atoms with Gasteiger partial charge in [0.25, 0.3) is 0 Å². The molecule has 2 aromatic rings. The number of hydrogen-bond donors (Lipinski definition) is 0. The average molecular weight is 460 g/mol. The molecule has 0 N–H and O–H groups in total. The van der Waals surface area contributed by atoms with Gasteiger partial charge < -0.3 is 9.80 Å². The molecule has 2 heterocycles. The maximum atomic E-state index is 13.4. The van der Waals surface area contributed by atoms with Gasteiger partial charge in [-0.05, 0) is 24.3 Å². The van der Waals surface area contributed by atoms with E-state index in [9.17, 15) is 26.3 Å². The maximum Gasteiger partial charge on any atom is 0.423 e. The first kappa shape index (κ1) is 21.0. The van der Waals surface area contributed by atoms with Gasteiger partial charge in [0.2, 0.25) is 0 Å². The molecule has 158 valence electrons. The number of para-hydroxylation sites is 2. The van der Waals surface area contributed by atoms with Crippen molar-refractivity contribution in [3.8, 4) is 0 Å². The summed E-state index contributed by atoms with van der Waals surface area (Å²) in [6.45, 7) is 0.864. The summed E-state index contributed by atoms with van der Waals surface area (Å²) in [5, 5.41) is 0. The Labute approximate surface area is 177 Å². The van der Waals surface area contributed by atoms with E-state index in [0.717, 1.165) is 0 Å². The van der Waals surface area contributed by atoms with Crippen LogP contribution < -0.4 is 9.80 Å². The first-order valence-electron chi connectivity index (χ1n) is 8.80. The lowest BCUT2D eigenvalue weighted by Gasteiger charge is -2.27. The normalized spacial score (nSPS) is 18.1. The minimum absolute atomic E-state index is 0.0418. The van der Waals surface area contributed by atoms with Crippen LogP contribution in [0.2, 0.25) is 0 Å². The predicted octanol–water partition coefficient (Wildman–Crippen LogP) is 6.96. The number of halogens is 6. The summed E-state index contributed by atoms with van der Waals surface area (Å²) in [6.07, 6.45) is -10.2. The number of benzene rings is 2. The largest absolute Gasteiger partial charge is 0.423 e. The first-order valence-corrected chi connectivity index (χ1v) is 10.4. The zero-order valence-corrected chi connectivity index (χ0v) is 16.8. The van der Waals surface area contributed by atoms with Gasteiger partial charge >= 0.3 is 12.4 Å². The third kappa shape index (κ3) is 4.02. The third-order valence-corrected chi connectivity index (χ3v) is 7.13. The molecule has 0 amide bonds. The van der Waals surface area contributed by atoms with Crippen molar-refractivity contribution in [1.82, 2.24) is 0 Å². The molecule has 2 nitrogen and oxygen atoms in total. The van der Waals surface area contributed by atoms with Crippen LogP contribution in [0.25, 0.3) is 0 Å². The van der Waals surface area contributed by atoms with Gasteiger partial charge in [-0.15, -0.1) is 0 Å². The summed E-state index contributed by atoms with van der Waals surface area (Å²) < 4.78 is 80.4. The van der Waals surface area contributed by atoms with Crippen molar-refractivity contribution in [1.29, 1.82) is 0 Å². The van der Waals surface area contributed by atoms with E-state index in [4.69, 9.17) is 0 Å². The number of thioether (sulfide) groups is 2. The predicted molar refractivity (Wildman–Crippen MR) is 109 cm³/mol. The summed E-state index contributed by atoms with van der Waals surface area (Å²) in [7, 11) is 0. The minimum atomic E-state index is -5.08. The molecule has 2 aliphatic rings. The summed E-state index contributed by atoms with van der Waals surface area (Å²) >= 11 is 0.281. The maximum absolute atomic E-state index is 13.4. The van der Waals surface area contributed by atoms with Gasteiger partial charge in [0.15, 0.2) is 0 Å². The fourth-order valence-electron chi connectivity index (χ4n) is 3.26. The minimum Gasteiger partial charge on any atom is -0.325 e. The molecule has 0 aliphatic carbocycles. The Kier molecular flexibility index (Phi) is 5.48. The Hall–Kier alpha value is -2.20. The van der Waals surface area contributed by atoms with Crippen molar-refractivity contribution in [2.75, 3.05) is 22.9 Å². The standard InChI is InChI=1S/C20H14F6N2S2/c21-19(22,23)15-16(20(24,25)26)30-18(29-15)17-27(13-7-3-1-4-8-13)11-12-28(17)14-9-5-2-6-10-14/h1-10H,11-12H2. The quantitative estimate of drug-likeness (QED) is 0.447. The second-order valence-corrected chi connectivity index (χ2v) is 8.74. The van der Waals surface area contributed by atoms with E-state index in [-0.39, 0.29) is 27.8 Å². The zero-order valence-electron chi connectivity index (χ0n) is 15.2. The molecule has 2 aliphatic heterocycles. The average Bonchev–Trinajstić information content (AvgIpc) is 3.33. The Balaban J connectivity index is 1.83. The van der Waals surface area contributed by atoms with Crippen LogP contribution in [-0.4, -0.2) is 25.4 Å². The Morgan fingerprint density at radius 3 is 1.30 bits per heavy atom. The number of nitrogens with zero attached hydrogens (tertiary/aromatic N) is 2. The highest BCUT2D eigenvalue weighted by Gasteiger charge is 2.52. The fraction of sp³-hybridized carbons (Fsp3) is 0.200. The number of hydrogen-bond acceptors (Lipinski definition) is 4. The molecule has 1 fully saturated rings. The monoisotopic (exact) mass is 460 g/mol. The van der Waals surface area contributed by atoms with Crippen LogP contribution in [0.1, 0.15) is 0 Å². The molecular formula is C20H14F6N2S2. The smallest absolute Gasteiger partial charge is 0.325 e. The lowest BCUT2D eigenvalue weighted by atomic mass is 10.3. The van der Waals surface area contributed by atoms with Crippen molar-refractivity contribution in [2.45, 2.75) is 12.4 Å². The number of allylic oxidation sites excluding steroid dienone is 2. The van der Waals surface area contributed by atoms with Crippen LogP contribution in [0.4, 0.5) is 37.7 Å². The van der Waals surface area contributed by atoms with E-state index in [0.29, 0.717) is 30.3 Å². The van der Waals surface area contributed by atoms with Crippen LogP contribution in [0, 0.1) is 0 Å². The van der Waals surface area contributed by atoms with Crippen molar-refractivity contribution in [3.63, 3.8) is 0 Å². The SMILES string of the molecule is FC(F)(F)C1=C(C(F)(F)F)SC(=C2N(c3ccccc3)CCN2c2ccccc2)S1. The molecule has 30 heavy (non-hydrogen) atoms. The first-order chi connectivity index (χ1) is 14.2. The van der Waals surface area contributed by atoms with Crippen LogP contribution in [0.5, 0.6) is 0 Å². The van der Waals surface area contributed by atoms with Gasteiger partial charge in [-0.1, -0.05) is 59.9 Å². The van der Waals surface area contributed by atoms with Gasteiger partial charge in [-0.2, -0.15) is 26.3 Å². The van der Waals surface area contributed by atoms with E-state index in [1.165, 1.54) is 0 Å². The van der Waals surface area contributed by atoms with Gasteiger partial charge in [-0.25, -0.2) is 0 Å². The third-order valence-electron chi connectivity index (χ3n) is 4.49. The second kappa shape index (κ2) is 7.81. The molecule has 1 saturated heterocycles. The lowest BCUT2D eigenvalue weighted by molar-refractivity contribution is -0.103. The molecule has 0 radical (unpaired) electrons. The Morgan fingerprint density at radius 2 is 0.967 bits per heavy atom. The highest BCUT2D eigenvalue weighted by atomic mass is 32.2. The summed E-state index contributed by atoms with van der Waals surface area (Å²) in [5.74, 6) is 0.323. The molecule has 4 rings (SSSR count). The Bertz CT molecular complexity index is 906. The molecule has 0 aromatic heterocycles. The van der Waals surface area contributed by atoms with E-state index in [2.05, 4.69) is 0 Å². The van der Waals surface area contributed by atoms with Crippen LogP contribution in [0.15, 0.2) is 80.5 Å². The lowest BCUT2D eigenvalue weighted by Crippen LogP contribution is -2.23. The second-order valence-electron chi connectivity index (χ2n) is 6.44. The molecule has 0 bridgehead atoms. The van der Waals surface area contributed by atoms with Crippen molar-refractivity contribution < 1.29 is 26.3 Å². The molecular weight excluding hydrogens is 446 g/mol. The summed E-state index contributed by atoms with van der Waals surface area (Å²) in [5.41, 5.74) is 1.40. The molecule has 10 heteroatoms. The van der Waals surface area contributed by atoms with Crippen LogP contribution in [-0.2, 0) is 0 Å². The van der Waals surface area contributed by atoms with E-state index < -0.39 is 22.2 Å². The van der Waals surface area contributed by atoms with Gasteiger partial charge in [0.05, 0.1) is 4.24 Å². The molecule has 0 spiro atoms. The molecule has 2 aromatic carbocycles. The molecule has 0 unspecified atom stereocenters. The van der Waals surface area contributed by atoms with E-state index in [1.54, 1.807) is 70.5 Å². The fourth-order valence-corrected chi connectivity index (χ4v) is 5.82. The van der Waals surface area contributed by atoms with Crippen LogP contribution >= 0.6 is 23.5 Å². The highest BCUT2D eigenvalue weighted by Crippen LogP contribution is 2.61. The van der Waals surface area contributed by atoms with Crippen molar-refractivity contribution in [2.24, 2.45) is 0 Å². The van der Waals surface area contributed by atoms with Crippen molar-refractivity contribution >= 4 is 34.9 Å². The molecule has 0 saturated carbocycles.